The van der Waals surface area contributed by atoms with Crippen LogP contribution < -0.4 is 10.6 Å². The van der Waals surface area contributed by atoms with Crippen LogP contribution in [0.1, 0.15) is 71.6 Å². The normalized spacial score (nSPS) is 18.1. The van der Waals surface area contributed by atoms with E-state index in [9.17, 15) is 19.2 Å². The Morgan fingerprint density at radius 3 is 1.88 bits per heavy atom. The maximum Gasteiger partial charge on any atom is 0.408 e. The molecule has 43 heavy (non-hydrogen) atoms. The number of hydrogen-bond donors (Lipinski definition) is 2. The van der Waals surface area contributed by atoms with Gasteiger partial charge in [-0.05, 0) is 50.8 Å². The second-order valence-corrected chi connectivity index (χ2v) is 11.4. The molecule has 3 amide bonds. The highest BCUT2D eigenvalue weighted by molar-refractivity contribution is 5.90. The Labute approximate surface area is 253 Å². The minimum Gasteiger partial charge on any atom is -0.471 e. The average Bonchev–Trinajstić information content (AvgIpc) is 2.95. The number of ether oxygens (including phenoxy) is 3. The fraction of sp³-hybridized carbons (Fsp3) is 0.455. The van der Waals surface area contributed by atoms with E-state index in [1.807, 2.05) is 74.5 Å². The van der Waals surface area contributed by atoms with Gasteiger partial charge in [0, 0.05) is 20.0 Å². The molecule has 1 heterocycles. The molecule has 0 unspecified atom stereocenters. The molecule has 3 rings (SSSR count). The number of carbonyl (C=O) groups excluding carboxylic acids is 4. The molecule has 3 atom stereocenters. The minimum absolute atomic E-state index is 0.259. The Morgan fingerprint density at radius 2 is 1.42 bits per heavy atom. The van der Waals surface area contributed by atoms with Gasteiger partial charge < -0.3 is 29.7 Å². The van der Waals surface area contributed by atoms with Crippen LogP contribution in [0.2, 0.25) is 0 Å². The summed E-state index contributed by atoms with van der Waals surface area (Å²) >= 11 is 0. The summed E-state index contributed by atoms with van der Waals surface area (Å²) in [6.45, 7) is 11.3. The predicted molar refractivity (Wildman–Crippen MR) is 162 cm³/mol. The smallest absolute Gasteiger partial charge is 0.408 e. The van der Waals surface area contributed by atoms with Crippen LogP contribution >= 0.6 is 0 Å². The molecule has 2 N–H and O–H groups in total. The van der Waals surface area contributed by atoms with Gasteiger partial charge >= 0.3 is 12.1 Å². The van der Waals surface area contributed by atoms with Crippen LogP contribution in [0.25, 0.3) is 0 Å². The number of nitrogens with zero attached hydrogens (tertiary/aromatic N) is 1. The zero-order valence-electron chi connectivity index (χ0n) is 25.8. The van der Waals surface area contributed by atoms with Gasteiger partial charge in [0.1, 0.15) is 5.60 Å². The van der Waals surface area contributed by atoms with Crippen molar-refractivity contribution in [2.45, 2.75) is 84.3 Å². The van der Waals surface area contributed by atoms with Crippen molar-refractivity contribution in [3.05, 3.63) is 83.6 Å². The van der Waals surface area contributed by atoms with E-state index in [1.165, 1.54) is 13.0 Å². The molecule has 0 bridgehead atoms. The van der Waals surface area contributed by atoms with Crippen LogP contribution in [0.4, 0.5) is 4.79 Å². The third kappa shape index (κ3) is 9.59. The van der Waals surface area contributed by atoms with Gasteiger partial charge in [-0.1, -0.05) is 74.5 Å². The zero-order chi connectivity index (χ0) is 31.6. The summed E-state index contributed by atoms with van der Waals surface area (Å²) in [4.78, 5) is 54.4. The molecule has 0 aromatic heterocycles. The van der Waals surface area contributed by atoms with Crippen molar-refractivity contribution in [3.63, 3.8) is 0 Å². The lowest BCUT2D eigenvalue weighted by molar-refractivity contribution is -0.154. The first kappa shape index (κ1) is 33.2. The first-order valence-corrected chi connectivity index (χ1v) is 14.7. The van der Waals surface area contributed by atoms with E-state index in [0.29, 0.717) is 25.9 Å². The number of hydrogen-bond acceptors (Lipinski definition) is 7. The molecule has 1 aliphatic rings. The lowest BCUT2D eigenvalue weighted by atomic mass is 9.96. The number of amides is 3. The van der Waals surface area contributed by atoms with E-state index in [1.54, 1.807) is 25.7 Å². The first-order valence-electron chi connectivity index (χ1n) is 14.7. The summed E-state index contributed by atoms with van der Waals surface area (Å²) in [5, 5.41) is 5.45. The van der Waals surface area contributed by atoms with E-state index in [4.69, 9.17) is 14.2 Å². The Bertz CT molecular complexity index is 1230. The molecule has 2 aromatic carbocycles. The number of carbonyl (C=O) groups is 4. The van der Waals surface area contributed by atoms with Gasteiger partial charge in [0.25, 0.3) is 5.91 Å². The topological polar surface area (TPSA) is 123 Å². The molecule has 10 nitrogen and oxygen atoms in total. The van der Waals surface area contributed by atoms with E-state index in [-0.39, 0.29) is 5.76 Å². The number of benzene rings is 2. The molecule has 10 heteroatoms. The maximum atomic E-state index is 13.9. The average molecular weight is 594 g/mol. The van der Waals surface area contributed by atoms with Gasteiger partial charge in [0.15, 0.2) is 12.2 Å². The molecule has 232 valence electrons. The summed E-state index contributed by atoms with van der Waals surface area (Å²) in [5.41, 5.74) is 0.669. The van der Waals surface area contributed by atoms with E-state index >= 15 is 0 Å². The SMILES string of the molecule is CCCN(CCC)C(=O)[C@@H]1OC(C(=O)OC(c2ccccc2)c2ccccc2)=C[C@H](NC(=O)OC(C)(C)C)[C@H]1NC(C)=O. The summed E-state index contributed by atoms with van der Waals surface area (Å²) in [5.74, 6) is -1.94. The van der Waals surface area contributed by atoms with Crippen LogP contribution in [-0.2, 0) is 28.6 Å². The molecule has 0 aliphatic carbocycles. The van der Waals surface area contributed by atoms with Crippen molar-refractivity contribution in [2.75, 3.05) is 13.1 Å². The van der Waals surface area contributed by atoms with Crippen molar-refractivity contribution >= 4 is 23.9 Å². The highest BCUT2D eigenvalue weighted by Crippen LogP contribution is 2.29. The second-order valence-electron chi connectivity index (χ2n) is 11.4. The third-order valence-corrected chi connectivity index (χ3v) is 6.52. The molecule has 0 radical (unpaired) electrons. The van der Waals surface area contributed by atoms with Crippen LogP contribution in [-0.4, -0.2) is 65.7 Å². The highest BCUT2D eigenvalue weighted by Gasteiger charge is 2.45. The molecular formula is C33H43N3O7. The number of nitrogens with one attached hydrogen (secondary N) is 2. The van der Waals surface area contributed by atoms with Crippen molar-refractivity contribution in [3.8, 4) is 0 Å². The standard InChI is InChI=1S/C33H43N3O7/c1-7-19-36(20-8-2)30(38)29-27(34-22(3)37)25(35-32(40)43-33(4,5)6)21-26(41-29)31(39)42-28(23-15-11-9-12-16-23)24-17-13-10-14-18-24/h9-18,21,25,27-29H,7-8,19-20H2,1-6H3,(H,34,37)(H,35,40)/t25-,27+,29+/m0/s1. The fourth-order valence-corrected chi connectivity index (χ4v) is 4.80. The van der Waals surface area contributed by atoms with Gasteiger partial charge in [-0.2, -0.15) is 0 Å². The molecule has 1 aliphatic heterocycles. The maximum absolute atomic E-state index is 13.9. The van der Waals surface area contributed by atoms with Crippen LogP contribution in [0.5, 0.6) is 0 Å². The van der Waals surface area contributed by atoms with Gasteiger partial charge in [-0.15, -0.1) is 0 Å². The minimum atomic E-state index is -1.32. The highest BCUT2D eigenvalue weighted by atomic mass is 16.6. The number of alkyl carbamates (subject to hydrolysis) is 1. The lowest BCUT2D eigenvalue weighted by Gasteiger charge is -2.39. The Morgan fingerprint density at radius 1 is 0.884 bits per heavy atom. The summed E-state index contributed by atoms with van der Waals surface area (Å²) in [7, 11) is 0. The zero-order valence-corrected chi connectivity index (χ0v) is 25.8. The van der Waals surface area contributed by atoms with E-state index < -0.39 is 53.8 Å². The van der Waals surface area contributed by atoms with Crippen LogP contribution in [0, 0.1) is 0 Å². The van der Waals surface area contributed by atoms with Gasteiger partial charge in [0.2, 0.25) is 11.7 Å². The number of rotatable bonds is 11. The van der Waals surface area contributed by atoms with E-state index in [0.717, 1.165) is 11.1 Å². The quantitative estimate of drug-likeness (QED) is 0.364. The summed E-state index contributed by atoms with van der Waals surface area (Å²) in [6.07, 6.45) is -0.118. The summed E-state index contributed by atoms with van der Waals surface area (Å²) < 4.78 is 17.5. The monoisotopic (exact) mass is 593 g/mol. The Kier molecular flexibility index (Phi) is 11.7. The van der Waals surface area contributed by atoms with Crippen molar-refractivity contribution in [1.82, 2.24) is 15.5 Å². The van der Waals surface area contributed by atoms with Crippen LogP contribution in [0.15, 0.2) is 72.5 Å². The first-order chi connectivity index (χ1) is 20.4. The van der Waals surface area contributed by atoms with Crippen molar-refractivity contribution in [1.29, 1.82) is 0 Å². The van der Waals surface area contributed by atoms with Crippen LogP contribution in [0.3, 0.4) is 0 Å². The van der Waals surface area contributed by atoms with Crippen molar-refractivity contribution < 1.29 is 33.4 Å². The van der Waals surface area contributed by atoms with Crippen molar-refractivity contribution in [2.24, 2.45) is 0 Å². The van der Waals surface area contributed by atoms with E-state index in [2.05, 4.69) is 10.6 Å². The Hall–Kier alpha value is -4.34. The number of esters is 1. The van der Waals surface area contributed by atoms with Gasteiger partial charge in [0.05, 0.1) is 12.1 Å². The van der Waals surface area contributed by atoms with Gasteiger partial charge in [-0.25, -0.2) is 9.59 Å². The molecular weight excluding hydrogens is 550 g/mol. The molecule has 0 saturated heterocycles. The summed E-state index contributed by atoms with van der Waals surface area (Å²) in [6, 6.07) is 16.5. The molecule has 2 aromatic rings. The van der Waals surface area contributed by atoms with Gasteiger partial charge in [-0.3, -0.25) is 9.59 Å². The largest absolute Gasteiger partial charge is 0.471 e. The molecule has 0 fully saturated rings. The lowest BCUT2D eigenvalue weighted by Crippen LogP contribution is -2.63. The molecule has 0 saturated carbocycles. The Balaban J connectivity index is 2.04. The predicted octanol–water partition coefficient (Wildman–Crippen LogP) is 4.65. The second kappa shape index (κ2) is 15.2. The fourth-order valence-electron chi connectivity index (χ4n) is 4.80. The third-order valence-electron chi connectivity index (χ3n) is 6.52. The molecule has 0 spiro atoms.